The van der Waals surface area contributed by atoms with Gasteiger partial charge in [0.15, 0.2) is 0 Å². The molecule has 0 aliphatic heterocycles. The average Bonchev–Trinajstić information content (AvgIpc) is 4.01. The lowest BCUT2D eigenvalue weighted by atomic mass is 9.93. The SMILES string of the molecule is C/C=C(\N=C(c1ccc(C(C)C(F)(F)F)cc1)C(C)CC)C(F)(F)F.CC.CC.CC\C=C/N=C(C(/C(=C/CC)/N=C/C=C(\C)CCC)=C(\C)CCC)\C1CC1. The van der Waals surface area contributed by atoms with E-state index in [1.807, 2.05) is 47.0 Å². The van der Waals surface area contributed by atoms with Crippen molar-refractivity contribution < 1.29 is 26.3 Å². The van der Waals surface area contributed by atoms with Crippen molar-refractivity contribution in [2.45, 2.75) is 173 Å². The Labute approximate surface area is 337 Å². The molecule has 0 amide bonds. The third kappa shape index (κ3) is 20.6. The summed E-state index contributed by atoms with van der Waals surface area (Å²) in [5, 5.41) is 0. The summed E-state index contributed by atoms with van der Waals surface area (Å²) in [7, 11) is 0. The van der Waals surface area contributed by atoms with Gasteiger partial charge in [-0.3, -0.25) is 9.98 Å². The molecule has 1 aromatic carbocycles. The molecule has 9 heteroatoms. The van der Waals surface area contributed by atoms with E-state index >= 15 is 0 Å². The van der Waals surface area contributed by atoms with Crippen LogP contribution in [0.1, 0.15) is 172 Å². The Morgan fingerprint density at radius 3 is 1.84 bits per heavy atom. The van der Waals surface area contributed by atoms with Crippen molar-refractivity contribution >= 4 is 17.6 Å². The highest BCUT2D eigenvalue weighted by molar-refractivity contribution is 6.07. The molecule has 2 atom stereocenters. The first kappa shape index (κ1) is 54.6. The fraction of sp³-hybridized carbons (Fsp3) is 0.596. The molecule has 1 aliphatic rings. The van der Waals surface area contributed by atoms with Gasteiger partial charge in [-0.2, -0.15) is 26.3 Å². The zero-order chi connectivity index (χ0) is 43.5. The van der Waals surface area contributed by atoms with Gasteiger partial charge >= 0.3 is 12.4 Å². The van der Waals surface area contributed by atoms with Crippen LogP contribution in [0.15, 0.2) is 97.9 Å². The fourth-order valence-electron chi connectivity index (χ4n) is 5.38. The number of alkyl halides is 6. The number of halogens is 6. The minimum atomic E-state index is -4.59. The van der Waals surface area contributed by atoms with E-state index in [1.165, 1.54) is 72.9 Å². The van der Waals surface area contributed by atoms with Crippen molar-refractivity contribution in [3.05, 3.63) is 94.0 Å². The van der Waals surface area contributed by atoms with Gasteiger partial charge in [0.1, 0.15) is 5.70 Å². The van der Waals surface area contributed by atoms with Gasteiger partial charge in [0, 0.05) is 23.9 Å². The zero-order valence-corrected chi connectivity index (χ0v) is 37.0. The summed E-state index contributed by atoms with van der Waals surface area (Å²) in [6.07, 6.45) is 12.1. The minimum absolute atomic E-state index is 0.0573. The third-order valence-corrected chi connectivity index (χ3v) is 8.78. The highest BCUT2D eigenvalue weighted by Gasteiger charge is 2.37. The Morgan fingerprint density at radius 1 is 0.839 bits per heavy atom. The Kier molecular flexibility index (Phi) is 29.0. The summed E-state index contributed by atoms with van der Waals surface area (Å²) in [4.78, 5) is 13.6. The first-order valence-electron chi connectivity index (χ1n) is 20.8. The summed E-state index contributed by atoms with van der Waals surface area (Å²) in [6.45, 7) is 27.1. The van der Waals surface area contributed by atoms with Crippen LogP contribution in [0.3, 0.4) is 0 Å². The number of benzene rings is 1. The van der Waals surface area contributed by atoms with Crippen LogP contribution in [0.4, 0.5) is 26.3 Å². The van der Waals surface area contributed by atoms with Gasteiger partial charge in [0.05, 0.1) is 23.0 Å². The molecule has 318 valence electrons. The maximum atomic E-state index is 13.0. The van der Waals surface area contributed by atoms with E-state index in [0.29, 0.717) is 17.9 Å². The van der Waals surface area contributed by atoms with E-state index in [0.717, 1.165) is 50.8 Å². The molecular formula is C47H73F6N3. The molecule has 0 aromatic heterocycles. The lowest BCUT2D eigenvalue weighted by molar-refractivity contribution is -0.146. The first-order valence-corrected chi connectivity index (χ1v) is 20.8. The molecule has 56 heavy (non-hydrogen) atoms. The second-order valence-electron chi connectivity index (χ2n) is 13.4. The second kappa shape index (κ2) is 29.7. The third-order valence-electron chi connectivity index (χ3n) is 8.78. The average molecular weight is 794 g/mol. The summed E-state index contributed by atoms with van der Waals surface area (Å²) in [5.74, 6) is -1.32. The Morgan fingerprint density at radius 2 is 1.41 bits per heavy atom. The van der Waals surface area contributed by atoms with E-state index in [1.54, 1.807) is 6.92 Å². The topological polar surface area (TPSA) is 37.1 Å². The molecule has 3 nitrogen and oxygen atoms in total. The highest BCUT2D eigenvalue weighted by atomic mass is 19.4. The number of allylic oxidation sites excluding steroid dienone is 8. The first-order chi connectivity index (χ1) is 26.5. The van der Waals surface area contributed by atoms with E-state index in [-0.39, 0.29) is 17.2 Å². The lowest BCUT2D eigenvalue weighted by Crippen LogP contribution is -2.19. The van der Waals surface area contributed by atoms with E-state index < -0.39 is 24.0 Å². The molecule has 0 spiro atoms. The Hall–Kier alpha value is -3.49. The Bertz CT molecular complexity index is 1480. The lowest BCUT2D eigenvalue weighted by Gasteiger charge is -2.18. The van der Waals surface area contributed by atoms with Crippen LogP contribution in [0.2, 0.25) is 0 Å². The van der Waals surface area contributed by atoms with Crippen molar-refractivity contribution in [2.75, 3.05) is 0 Å². The van der Waals surface area contributed by atoms with Gasteiger partial charge in [0.25, 0.3) is 0 Å². The number of hydrogen-bond donors (Lipinski definition) is 0. The molecule has 2 rings (SSSR count). The molecule has 1 aromatic rings. The largest absolute Gasteiger partial charge is 0.433 e. The van der Waals surface area contributed by atoms with Crippen LogP contribution in [-0.4, -0.2) is 30.0 Å². The molecule has 1 aliphatic carbocycles. The normalized spacial score (nSPS) is 16.3. The summed E-state index contributed by atoms with van der Waals surface area (Å²) in [6, 6.07) is 5.36. The molecule has 0 bridgehead atoms. The standard InChI is InChI=1S/C25H40N2.C18H21F6N.2C2H6/c1-7-11-18-27-25(22-15-16-22)24(21(6)13-9-3)23(14-10-4)26-19-17-20(5)12-8-2;1-5-11(3)16(25-15(6-2)18(22,23)24)14-9-7-13(8-10-14)12(4)17(19,20)21;2*1-2/h11,14,17-19,22H,7-10,12-13,15-16H2,1-6H3;6-12H,5H2,1-4H3;2*1-2H3/b18-11-,20-17+,23-14-,24-21+,26-19+,27-25+;15-6-,25-16?;;. The van der Waals surface area contributed by atoms with Gasteiger partial charge < -0.3 is 0 Å². The number of hydrogen-bond acceptors (Lipinski definition) is 3. The number of nitrogens with zero attached hydrogens (tertiary/aromatic N) is 3. The molecule has 2 unspecified atom stereocenters. The number of aliphatic imine (C=N–C) groups is 3. The van der Waals surface area contributed by atoms with E-state index in [2.05, 4.69) is 64.8 Å². The molecule has 0 saturated heterocycles. The molecule has 0 N–H and O–H groups in total. The number of rotatable bonds is 17. The summed E-state index contributed by atoms with van der Waals surface area (Å²) in [5.41, 5.74) is 6.07. The van der Waals surface area contributed by atoms with Gasteiger partial charge in [0.2, 0.25) is 0 Å². The second-order valence-corrected chi connectivity index (χ2v) is 13.4. The minimum Gasteiger partial charge on any atom is -0.261 e. The highest BCUT2D eigenvalue weighted by Crippen LogP contribution is 2.38. The predicted octanol–water partition coefficient (Wildman–Crippen LogP) is 16.7. The molecular weight excluding hydrogens is 721 g/mol. The van der Waals surface area contributed by atoms with Crippen molar-refractivity contribution in [2.24, 2.45) is 26.8 Å². The Balaban J connectivity index is 0. The zero-order valence-electron chi connectivity index (χ0n) is 37.0. The van der Waals surface area contributed by atoms with E-state index in [4.69, 9.17) is 9.98 Å². The molecule has 1 saturated carbocycles. The van der Waals surface area contributed by atoms with Gasteiger partial charge in [-0.05, 0) is 95.8 Å². The van der Waals surface area contributed by atoms with E-state index in [9.17, 15) is 26.3 Å². The van der Waals surface area contributed by atoms with Crippen molar-refractivity contribution in [1.82, 2.24) is 0 Å². The molecule has 0 radical (unpaired) electrons. The van der Waals surface area contributed by atoms with Gasteiger partial charge in [-0.1, -0.05) is 136 Å². The summed E-state index contributed by atoms with van der Waals surface area (Å²) >= 11 is 0. The summed E-state index contributed by atoms with van der Waals surface area (Å²) < 4.78 is 77.2. The van der Waals surface area contributed by atoms with Crippen molar-refractivity contribution in [1.29, 1.82) is 0 Å². The van der Waals surface area contributed by atoms with Crippen LogP contribution < -0.4 is 0 Å². The van der Waals surface area contributed by atoms with Crippen LogP contribution in [0.5, 0.6) is 0 Å². The quantitative estimate of drug-likeness (QED) is 0.0856. The maximum Gasteiger partial charge on any atom is 0.433 e. The predicted molar refractivity (Wildman–Crippen MR) is 232 cm³/mol. The molecule has 0 heterocycles. The van der Waals surface area contributed by atoms with Gasteiger partial charge in [-0.15, -0.1) is 0 Å². The van der Waals surface area contributed by atoms with Crippen LogP contribution in [0, 0.1) is 11.8 Å². The van der Waals surface area contributed by atoms with Crippen molar-refractivity contribution in [3.63, 3.8) is 0 Å². The van der Waals surface area contributed by atoms with Crippen LogP contribution in [0.25, 0.3) is 0 Å². The fourth-order valence-corrected chi connectivity index (χ4v) is 5.38. The van der Waals surface area contributed by atoms with Crippen molar-refractivity contribution in [3.8, 4) is 0 Å². The monoisotopic (exact) mass is 794 g/mol. The smallest absolute Gasteiger partial charge is 0.261 e. The maximum absolute atomic E-state index is 13.0. The molecule has 1 fully saturated rings. The van der Waals surface area contributed by atoms with Gasteiger partial charge in [-0.25, -0.2) is 4.99 Å². The van der Waals surface area contributed by atoms with Crippen LogP contribution in [-0.2, 0) is 0 Å². The van der Waals surface area contributed by atoms with Crippen LogP contribution >= 0.6 is 0 Å².